The lowest BCUT2D eigenvalue weighted by Gasteiger charge is -2.14. The Hall–Kier alpha value is -4.83. The van der Waals surface area contributed by atoms with E-state index >= 15 is 50.5 Å². The molecule has 0 amide bonds. The van der Waals surface area contributed by atoms with Crippen LogP contribution in [0.25, 0.3) is 89.7 Å². The first-order chi connectivity index (χ1) is 57.6. The van der Waals surface area contributed by atoms with Gasteiger partial charge < -0.3 is 9.97 Å². The first kappa shape index (κ1) is 95.8. The van der Waals surface area contributed by atoms with Gasteiger partial charge in [0.1, 0.15) is 22.6 Å². The van der Waals surface area contributed by atoms with Gasteiger partial charge in [-0.05, 0) is 111 Å². The molecule has 0 fully saturated rings. The summed E-state index contributed by atoms with van der Waals surface area (Å²) in [5.74, 6) is -2.54. The summed E-state index contributed by atoms with van der Waals surface area (Å²) in [6.45, 7) is 16.7. The number of aromatic nitrogens is 8. The second kappa shape index (κ2) is 44.1. The van der Waals surface area contributed by atoms with E-state index in [9.17, 15) is 0 Å². The van der Waals surface area contributed by atoms with Gasteiger partial charge in [-0.2, -0.15) is 0 Å². The predicted molar refractivity (Wildman–Crippen MR) is 503 cm³/mol. The highest BCUT2D eigenvalue weighted by atomic mass is 32.2. The van der Waals surface area contributed by atoms with E-state index in [1.165, 1.54) is 40.6 Å². The molecule has 4 aliphatic heterocycles. The number of H-pyrrole nitrogens is 2. The zero-order chi connectivity index (χ0) is 86.0. The minimum absolute atomic E-state index is 0.0542. The van der Waals surface area contributed by atoms with E-state index in [-0.39, 0.29) is 152 Å². The molecular weight excluding hydrogens is 1730 g/mol. The van der Waals surface area contributed by atoms with Crippen molar-refractivity contribution in [2.75, 3.05) is 40.8 Å². The Balaban J connectivity index is 1.30. The Morgan fingerprint density at radius 1 is 0.292 bits per heavy atom. The average Bonchev–Trinajstić information content (AvgIpc) is 1.56. The quantitative estimate of drug-likeness (QED) is 0.0335. The van der Waals surface area contributed by atoms with Crippen molar-refractivity contribution < 1.29 is 50.5 Å². The Labute approximate surface area is 736 Å². The lowest BCUT2D eigenvalue weighted by molar-refractivity contribution is 0.572. The van der Waals surface area contributed by atoms with Gasteiger partial charge in [0.15, 0.2) is 82.3 Å². The van der Waals surface area contributed by atoms with E-state index in [0.29, 0.717) is 62.1 Å². The summed E-state index contributed by atoms with van der Waals surface area (Å²) in [7, 11) is -26.6. The molecule has 120 heavy (non-hydrogen) atoms. The SMILES string of the molecule is CCCCCCCCS(=O)(=O)c1cc2c(cc1S(=O)(=O)CCCCCCCC)-c1nc-2nc2[nH]c(nc3nc(nc4[nH]c(n1)c1c(CC)c5c(c(CC)c41)SC(=C1SC=C(SC)S1)S5)-c1cc(S(=O)(=O)CCCCCCCC)c(S(=O)(=O)CCCCCCCC)cc1-3)c1cc(S(=O)(=O)CCCCCCCC)c(S(=O)(=O)CCCCCCCC)cc21. The first-order valence-corrected chi connectivity index (χ1v) is 58.8. The van der Waals surface area contributed by atoms with Crippen molar-refractivity contribution >= 4 is 162 Å². The number of hydrogen-bond donors (Lipinski definition) is 2. The molecule has 11 rings (SSSR count). The molecule has 20 nitrogen and oxygen atoms in total. The minimum Gasteiger partial charge on any atom is -0.324 e. The molecule has 2 N–H and O–H groups in total. The molecule has 7 heterocycles. The molecule has 0 saturated carbocycles. The van der Waals surface area contributed by atoms with E-state index < -0.39 is 88.4 Å². The number of thioether (sulfide) groups is 5. The molecule has 0 radical (unpaired) electrons. The van der Waals surface area contributed by atoms with Crippen molar-refractivity contribution in [1.29, 1.82) is 0 Å². The summed E-state index contributed by atoms with van der Waals surface area (Å²) >= 11 is 8.43. The average molecular weight is 1850 g/mol. The molecule has 31 heteroatoms. The molecule has 0 saturated heterocycles. The maximum Gasteiger partial charge on any atom is 0.179 e. The molecule has 3 aromatic heterocycles. The van der Waals surface area contributed by atoms with Crippen LogP contribution in [-0.4, -0.2) is 131 Å². The van der Waals surface area contributed by atoms with Crippen LogP contribution in [0.1, 0.15) is 298 Å². The van der Waals surface area contributed by atoms with Gasteiger partial charge in [-0.15, -0.1) is 11.8 Å². The van der Waals surface area contributed by atoms with Gasteiger partial charge in [0, 0.05) is 53.6 Å². The molecule has 658 valence electrons. The number of sulfone groups is 6. The summed E-state index contributed by atoms with van der Waals surface area (Å²) < 4.78 is 189. The van der Waals surface area contributed by atoms with Gasteiger partial charge in [-0.25, -0.2) is 80.4 Å². The standard InChI is InChI=1S/C89H124N8O12S11/c1-10-18-24-30-36-42-48-115(98,99)69-54-63-64(55-70(69)116(100,101)49-43-37-31-25-19-11-2)81-90-80(63)91-82-65-56-71(117(102,103)50-44-38-32-26-20-12-3)73(119(106,107)52-46-40-34-28-22-14-5)58-67(65)84(93-82)95-86-76-61(16-7)78-79(114-89(113-78)88-111-60-75(110-9)112-88)62(17-8)77(76)87(97-86)96-85-68-59-74(120(108,109)53-47-41-35-29-23-15-6)72(57-66(68)83(92-81)94-85)118(104,105)51-45-39-33-27-21-13-4/h54-60H,10-53H2,1-9H3,(H2,90,91,92,93,94,95,96,97). The van der Waals surface area contributed by atoms with Crippen LogP contribution in [0.5, 0.6) is 0 Å². The number of benzene rings is 4. The van der Waals surface area contributed by atoms with Crippen molar-refractivity contribution in [2.24, 2.45) is 0 Å². The lowest BCUT2D eigenvalue weighted by Crippen LogP contribution is -2.16. The summed E-state index contributed by atoms with van der Waals surface area (Å²) in [6.07, 6.45) is 30.2. The van der Waals surface area contributed by atoms with Crippen LogP contribution in [0.15, 0.2) is 93.7 Å². The third-order valence-electron chi connectivity index (χ3n) is 23.1. The van der Waals surface area contributed by atoms with Crippen molar-refractivity contribution in [2.45, 2.75) is 339 Å². The number of hydrogen-bond acceptors (Lipinski definition) is 23. The topological polar surface area (TPSA) is 314 Å². The van der Waals surface area contributed by atoms with Gasteiger partial charge in [0.25, 0.3) is 0 Å². The minimum atomic E-state index is -4.46. The zero-order valence-electron chi connectivity index (χ0n) is 71.7. The third kappa shape index (κ3) is 23.1. The van der Waals surface area contributed by atoms with E-state index in [2.05, 4.69) is 77.0 Å². The number of unbranched alkanes of at least 4 members (excludes halogenated alkanes) is 30. The van der Waals surface area contributed by atoms with Crippen molar-refractivity contribution in [3.63, 3.8) is 0 Å². The second-order valence-corrected chi connectivity index (χ2v) is 50.4. The lowest BCUT2D eigenvalue weighted by atomic mass is 9.99. The van der Waals surface area contributed by atoms with Gasteiger partial charge in [-0.3, -0.25) is 0 Å². The van der Waals surface area contributed by atoms with Crippen LogP contribution in [0, 0.1) is 0 Å². The first-order valence-electron chi connectivity index (χ1n) is 44.3. The molecule has 0 spiro atoms. The molecule has 7 aromatic rings. The van der Waals surface area contributed by atoms with E-state index in [1.54, 1.807) is 58.8 Å². The third-order valence-corrected chi connectivity index (χ3v) is 41.3. The molecule has 4 aromatic carbocycles. The van der Waals surface area contributed by atoms with Crippen LogP contribution in [0.4, 0.5) is 0 Å². The molecule has 0 unspecified atom stereocenters. The summed E-state index contributed by atoms with van der Waals surface area (Å²) in [4.78, 5) is 38.7. The maximum absolute atomic E-state index is 15.5. The monoisotopic (exact) mass is 1850 g/mol. The van der Waals surface area contributed by atoms with Crippen LogP contribution in [0.2, 0.25) is 0 Å². The maximum atomic E-state index is 15.5. The van der Waals surface area contributed by atoms with E-state index in [4.69, 9.17) is 29.9 Å². The van der Waals surface area contributed by atoms with Crippen LogP contribution in [-0.2, 0) is 71.9 Å². The summed E-state index contributed by atoms with van der Waals surface area (Å²) in [5, 5.41) is 3.57. The van der Waals surface area contributed by atoms with Gasteiger partial charge in [-0.1, -0.05) is 295 Å². The van der Waals surface area contributed by atoms with E-state index in [1.807, 2.05) is 0 Å². The zero-order valence-corrected chi connectivity index (χ0v) is 80.7. The number of rotatable bonds is 51. The smallest absolute Gasteiger partial charge is 0.179 e. The largest absolute Gasteiger partial charge is 0.324 e. The van der Waals surface area contributed by atoms with Crippen molar-refractivity contribution in [1.82, 2.24) is 39.9 Å². The van der Waals surface area contributed by atoms with Crippen LogP contribution < -0.4 is 0 Å². The van der Waals surface area contributed by atoms with Crippen molar-refractivity contribution in [3.05, 3.63) is 65.6 Å². The molecular formula is C89H124N8O12S11. The fourth-order valence-electron chi connectivity index (χ4n) is 16.3. The van der Waals surface area contributed by atoms with Crippen LogP contribution >= 0.6 is 58.8 Å². The predicted octanol–water partition coefficient (Wildman–Crippen LogP) is 24.8. The highest BCUT2D eigenvalue weighted by molar-refractivity contribution is 8.37. The highest BCUT2D eigenvalue weighted by Crippen LogP contribution is 2.63. The fourth-order valence-corrected chi connectivity index (χ4v) is 33.9. The van der Waals surface area contributed by atoms with Gasteiger partial charge >= 0.3 is 0 Å². The van der Waals surface area contributed by atoms with Gasteiger partial charge in [0.05, 0.1) is 76.6 Å². The normalized spacial score (nSPS) is 14.0. The summed E-state index contributed by atoms with van der Waals surface area (Å²) in [6, 6.07) is 8.08. The summed E-state index contributed by atoms with van der Waals surface area (Å²) in [5.41, 5.74) is 2.52. The van der Waals surface area contributed by atoms with Gasteiger partial charge in [0.2, 0.25) is 0 Å². The number of nitrogens with zero attached hydrogens (tertiary/aromatic N) is 6. The Bertz CT molecular complexity index is 5500. The Morgan fingerprint density at radius 3 is 0.783 bits per heavy atom. The van der Waals surface area contributed by atoms with E-state index in [0.717, 1.165) is 183 Å². The molecule has 8 bridgehead atoms. The second-order valence-electron chi connectivity index (χ2n) is 32.4. The van der Waals surface area contributed by atoms with Crippen LogP contribution in [0.3, 0.4) is 0 Å². The Morgan fingerprint density at radius 2 is 0.533 bits per heavy atom. The fraction of sp³-hybridized carbons (Fsp3) is 0.596. The Kier molecular flexibility index (Phi) is 35.2. The number of aryl methyl sites for hydroxylation is 2. The number of nitrogens with one attached hydrogen (secondary N) is 2. The molecule has 0 atom stereocenters. The number of fused-ring (bicyclic) bond motifs is 21. The number of aromatic amines is 2. The molecule has 4 aliphatic rings. The van der Waals surface area contributed by atoms with Crippen molar-refractivity contribution in [3.8, 4) is 45.6 Å². The highest BCUT2D eigenvalue weighted by Gasteiger charge is 2.38. The molecule has 0 aliphatic carbocycles.